The van der Waals surface area contributed by atoms with Gasteiger partial charge >= 0.3 is 0 Å². The van der Waals surface area contributed by atoms with Crippen LogP contribution in [0.4, 0.5) is 11.5 Å². The number of nitrogen functional groups attached to an aromatic ring is 1. The molecule has 90 valence electrons. The molecule has 2 aromatic heterocycles. The SMILES string of the molecule is Cc1ccc(CC(C)Nc2ncccc2N)s1. The summed E-state index contributed by atoms with van der Waals surface area (Å²) in [4.78, 5) is 6.97. The maximum atomic E-state index is 5.84. The lowest BCUT2D eigenvalue weighted by molar-refractivity contribution is 0.795. The summed E-state index contributed by atoms with van der Waals surface area (Å²) in [5.74, 6) is 0.772. The number of hydrogen-bond donors (Lipinski definition) is 2. The third-order valence-electron chi connectivity index (χ3n) is 2.53. The standard InChI is InChI=1S/C13H17N3S/c1-9(8-11-6-5-10(2)17-11)16-13-12(14)4-3-7-15-13/h3-7,9H,8,14H2,1-2H3,(H,15,16). The Labute approximate surface area is 106 Å². The van der Waals surface area contributed by atoms with Crippen LogP contribution >= 0.6 is 11.3 Å². The highest BCUT2D eigenvalue weighted by Gasteiger charge is 2.07. The molecule has 0 amide bonds. The first-order valence-corrected chi connectivity index (χ1v) is 6.49. The molecule has 3 N–H and O–H groups in total. The number of pyridine rings is 1. The zero-order chi connectivity index (χ0) is 12.3. The van der Waals surface area contributed by atoms with E-state index in [2.05, 4.69) is 36.3 Å². The Bertz CT molecular complexity index is 493. The van der Waals surface area contributed by atoms with E-state index in [1.54, 1.807) is 6.20 Å². The molecule has 0 bridgehead atoms. The van der Waals surface area contributed by atoms with Crippen LogP contribution in [-0.2, 0) is 6.42 Å². The molecule has 0 saturated heterocycles. The summed E-state index contributed by atoms with van der Waals surface area (Å²) in [5.41, 5.74) is 6.54. The largest absolute Gasteiger partial charge is 0.396 e. The van der Waals surface area contributed by atoms with Crippen molar-refractivity contribution in [3.63, 3.8) is 0 Å². The summed E-state index contributed by atoms with van der Waals surface area (Å²) in [6, 6.07) is 8.36. The highest BCUT2D eigenvalue weighted by atomic mass is 32.1. The molecule has 1 unspecified atom stereocenters. The monoisotopic (exact) mass is 247 g/mol. The number of nitrogens with zero attached hydrogens (tertiary/aromatic N) is 1. The van der Waals surface area contributed by atoms with Crippen molar-refractivity contribution in [1.82, 2.24) is 4.98 Å². The number of anilines is 2. The third kappa shape index (κ3) is 3.20. The molecular weight excluding hydrogens is 230 g/mol. The van der Waals surface area contributed by atoms with E-state index < -0.39 is 0 Å². The first-order chi connectivity index (χ1) is 8.15. The van der Waals surface area contributed by atoms with Gasteiger partial charge in [-0.15, -0.1) is 11.3 Å². The Morgan fingerprint density at radius 3 is 2.88 bits per heavy atom. The Morgan fingerprint density at radius 1 is 1.41 bits per heavy atom. The molecule has 17 heavy (non-hydrogen) atoms. The summed E-state index contributed by atoms with van der Waals surface area (Å²) in [5, 5.41) is 3.34. The summed E-state index contributed by atoms with van der Waals surface area (Å²) >= 11 is 1.84. The van der Waals surface area contributed by atoms with Crippen LogP contribution in [0, 0.1) is 6.92 Å². The van der Waals surface area contributed by atoms with Crippen molar-refractivity contribution in [3.05, 3.63) is 40.2 Å². The van der Waals surface area contributed by atoms with E-state index in [9.17, 15) is 0 Å². The zero-order valence-electron chi connectivity index (χ0n) is 10.1. The van der Waals surface area contributed by atoms with Gasteiger partial charge in [0.05, 0.1) is 5.69 Å². The quantitative estimate of drug-likeness (QED) is 0.873. The Hall–Kier alpha value is -1.55. The van der Waals surface area contributed by atoms with E-state index in [1.807, 2.05) is 23.5 Å². The van der Waals surface area contributed by atoms with Crippen LogP contribution in [0.25, 0.3) is 0 Å². The minimum Gasteiger partial charge on any atom is -0.396 e. The van der Waals surface area contributed by atoms with Crippen LogP contribution in [0.1, 0.15) is 16.7 Å². The fraction of sp³-hybridized carbons (Fsp3) is 0.308. The number of nitrogens with one attached hydrogen (secondary N) is 1. The van der Waals surface area contributed by atoms with Gasteiger partial charge in [0.1, 0.15) is 5.82 Å². The Kier molecular flexibility index (Phi) is 3.64. The van der Waals surface area contributed by atoms with Crippen LogP contribution in [0.15, 0.2) is 30.5 Å². The van der Waals surface area contributed by atoms with Crippen molar-refractivity contribution in [1.29, 1.82) is 0 Å². The Morgan fingerprint density at radius 2 is 2.24 bits per heavy atom. The van der Waals surface area contributed by atoms with E-state index in [0.717, 1.165) is 12.2 Å². The molecule has 0 radical (unpaired) electrons. The van der Waals surface area contributed by atoms with Crippen LogP contribution in [0.2, 0.25) is 0 Å². The fourth-order valence-electron chi connectivity index (χ4n) is 1.72. The van der Waals surface area contributed by atoms with Crippen molar-refractivity contribution in [2.24, 2.45) is 0 Å². The van der Waals surface area contributed by atoms with E-state index in [4.69, 9.17) is 5.73 Å². The molecule has 2 aromatic rings. The van der Waals surface area contributed by atoms with Crippen molar-refractivity contribution >= 4 is 22.8 Å². The molecule has 0 aliphatic rings. The predicted octanol–water partition coefficient (Wildman–Crippen LogP) is 3.08. The van der Waals surface area contributed by atoms with Crippen LogP contribution in [-0.4, -0.2) is 11.0 Å². The first-order valence-electron chi connectivity index (χ1n) is 5.67. The number of rotatable bonds is 4. The average Bonchev–Trinajstić information content (AvgIpc) is 2.67. The van der Waals surface area contributed by atoms with E-state index in [1.165, 1.54) is 9.75 Å². The van der Waals surface area contributed by atoms with Gasteiger partial charge in [0.15, 0.2) is 0 Å². The molecule has 0 aliphatic carbocycles. The van der Waals surface area contributed by atoms with Crippen molar-refractivity contribution < 1.29 is 0 Å². The number of aromatic nitrogens is 1. The number of aryl methyl sites for hydroxylation is 1. The smallest absolute Gasteiger partial charge is 0.149 e. The van der Waals surface area contributed by atoms with Crippen LogP contribution < -0.4 is 11.1 Å². The van der Waals surface area contributed by atoms with E-state index >= 15 is 0 Å². The molecule has 2 rings (SSSR count). The molecule has 0 spiro atoms. The van der Waals surface area contributed by atoms with Gasteiger partial charge in [0, 0.05) is 28.4 Å². The van der Waals surface area contributed by atoms with Gasteiger partial charge in [-0.3, -0.25) is 0 Å². The highest BCUT2D eigenvalue weighted by molar-refractivity contribution is 7.11. The topological polar surface area (TPSA) is 50.9 Å². The molecule has 0 fully saturated rings. The summed E-state index contributed by atoms with van der Waals surface area (Å²) in [6.45, 7) is 4.27. The number of thiophene rings is 1. The second kappa shape index (κ2) is 5.19. The molecule has 0 saturated carbocycles. The van der Waals surface area contributed by atoms with Gasteiger partial charge in [-0.25, -0.2) is 4.98 Å². The van der Waals surface area contributed by atoms with Crippen LogP contribution in [0.5, 0.6) is 0 Å². The molecule has 0 aromatic carbocycles. The molecular formula is C13H17N3S. The van der Waals surface area contributed by atoms with E-state index in [-0.39, 0.29) is 0 Å². The lowest BCUT2D eigenvalue weighted by Crippen LogP contribution is -2.19. The summed E-state index contributed by atoms with van der Waals surface area (Å²) in [6.07, 6.45) is 2.75. The van der Waals surface area contributed by atoms with Gasteiger partial charge < -0.3 is 11.1 Å². The molecule has 4 heteroatoms. The highest BCUT2D eigenvalue weighted by Crippen LogP contribution is 2.19. The number of hydrogen-bond acceptors (Lipinski definition) is 4. The normalized spacial score (nSPS) is 12.4. The fourth-order valence-corrected chi connectivity index (χ4v) is 2.74. The third-order valence-corrected chi connectivity index (χ3v) is 3.55. The minimum atomic E-state index is 0.324. The second-order valence-corrected chi connectivity index (χ2v) is 5.58. The van der Waals surface area contributed by atoms with Gasteiger partial charge in [-0.05, 0) is 38.1 Å². The van der Waals surface area contributed by atoms with Gasteiger partial charge in [0.2, 0.25) is 0 Å². The van der Waals surface area contributed by atoms with E-state index in [0.29, 0.717) is 11.7 Å². The van der Waals surface area contributed by atoms with Crippen molar-refractivity contribution in [2.45, 2.75) is 26.3 Å². The van der Waals surface area contributed by atoms with Gasteiger partial charge in [0.25, 0.3) is 0 Å². The molecule has 2 heterocycles. The van der Waals surface area contributed by atoms with Crippen molar-refractivity contribution in [3.8, 4) is 0 Å². The minimum absolute atomic E-state index is 0.324. The molecule has 1 atom stereocenters. The first kappa shape index (κ1) is 11.9. The number of nitrogens with two attached hydrogens (primary N) is 1. The summed E-state index contributed by atoms with van der Waals surface area (Å²) in [7, 11) is 0. The lowest BCUT2D eigenvalue weighted by Gasteiger charge is -2.14. The Balaban J connectivity index is 1.98. The molecule has 0 aliphatic heterocycles. The van der Waals surface area contributed by atoms with Crippen molar-refractivity contribution in [2.75, 3.05) is 11.1 Å². The average molecular weight is 247 g/mol. The predicted molar refractivity (Wildman–Crippen MR) is 74.5 cm³/mol. The lowest BCUT2D eigenvalue weighted by atomic mass is 10.2. The summed E-state index contributed by atoms with van der Waals surface area (Å²) < 4.78 is 0. The van der Waals surface area contributed by atoms with Gasteiger partial charge in [-0.1, -0.05) is 0 Å². The maximum Gasteiger partial charge on any atom is 0.149 e. The van der Waals surface area contributed by atoms with Gasteiger partial charge in [-0.2, -0.15) is 0 Å². The maximum absolute atomic E-state index is 5.84. The van der Waals surface area contributed by atoms with Crippen LogP contribution in [0.3, 0.4) is 0 Å². The second-order valence-electron chi connectivity index (χ2n) is 4.20. The molecule has 3 nitrogen and oxygen atoms in total. The zero-order valence-corrected chi connectivity index (χ0v) is 10.9.